The Balaban J connectivity index is -0.0000000596. The Morgan fingerprint density at radius 2 is 1.17 bits per heavy atom. The first-order chi connectivity index (χ1) is 8.72. The van der Waals surface area contributed by atoms with Crippen LogP contribution < -0.4 is 0 Å². The van der Waals surface area contributed by atoms with Crippen LogP contribution in [0.2, 0.25) is 0 Å². The van der Waals surface area contributed by atoms with E-state index in [4.69, 9.17) is 0 Å². The maximum absolute atomic E-state index is 3.83. The minimum Gasteiger partial charge on any atom is -0.0990 e. The normalized spacial score (nSPS) is 8.00. The van der Waals surface area contributed by atoms with Crippen molar-refractivity contribution in [3.63, 3.8) is 0 Å². The summed E-state index contributed by atoms with van der Waals surface area (Å²) in [6.07, 6.45) is 7.72. The van der Waals surface area contributed by atoms with Gasteiger partial charge in [0.25, 0.3) is 0 Å². The third-order valence-electron chi connectivity index (χ3n) is 1.14. The summed E-state index contributed by atoms with van der Waals surface area (Å²) < 4.78 is 0. The van der Waals surface area contributed by atoms with E-state index in [1.54, 1.807) is 6.08 Å². The largest absolute Gasteiger partial charge is 0.0990 e. The first-order valence-corrected chi connectivity index (χ1v) is 7.33. The van der Waals surface area contributed by atoms with Crippen molar-refractivity contribution in [3.8, 4) is 0 Å². The molecule has 0 aliphatic heterocycles. The molecule has 18 heavy (non-hydrogen) atoms. The lowest BCUT2D eigenvalue weighted by Gasteiger charge is -1.96. The molecule has 0 unspecified atom stereocenters. The molecular formula is C18H38. The van der Waals surface area contributed by atoms with Gasteiger partial charge in [0.05, 0.1) is 0 Å². The molecule has 0 aliphatic carbocycles. The van der Waals surface area contributed by atoms with Crippen LogP contribution in [0, 0.1) is 0 Å². The second-order valence-electron chi connectivity index (χ2n) is 2.14. The van der Waals surface area contributed by atoms with Gasteiger partial charge in [-0.05, 0) is 19.4 Å². The van der Waals surface area contributed by atoms with Gasteiger partial charge >= 0.3 is 0 Å². The van der Waals surface area contributed by atoms with Crippen LogP contribution in [-0.4, -0.2) is 0 Å². The summed E-state index contributed by atoms with van der Waals surface area (Å²) in [6, 6.07) is 0. The average Bonchev–Trinajstić information content (AvgIpc) is 2.47. The number of rotatable bonds is 3. The van der Waals surface area contributed by atoms with Gasteiger partial charge in [0.15, 0.2) is 0 Å². The summed E-state index contributed by atoms with van der Waals surface area (Å²) in [4.78, 5) is 0. The average molecular weight is 255 g/mol. The van der Waals surface area contributed by atoms with Gasteiger partial charge in [-0.25, -0.2) is 0 Å². The lowest BCUT2D eigenvalue weighted by Crippen LogP contribution is -1.76. The van der Waals surface area contributed by atoms with Crippen molar-refractivity contribution in [2.45, 2.75) is 69.2 Å². The van der Waals surface area contributed by atoms with Gasteiger partial charge in [-0.15, -0.1) is 0 Å². The molecule has 0 bridgehead atoms. The Hall–Kier alpha value is -1.04. The van der Waals surface area contributed by atoms with Crippen molar-refractivity contribution in [1.82, 2.24) is 0 Å². The molecule has 0 heteroatoms. The zero-order valence-electron chi connectivity index (χ0n) is 14.7. The van der Waals surface area contributed by atoms with Gasteiger partial charge in [-0.1, -0.05) is 98.4 Å². The van der Waals surface area contributed by atoms with E-state index in [2.05, 4.69) is 13.2 Å². The second kappa shape index (κ2) is 44.5. The van der Waals surface area contributed by atoms with Crippen LogP contribution in [0.4, 0.5) is 0 Å². The Labute approximate surface area is 118 Å². The molecule has 0 rings (SSSR count). The van der Waals surface area contributed by atoms with Crippen molar-refractivity contribution in [2.24, 2.45) is 0 Å². The van der Waals surface area contributed by atoms with Crippen LogP contribution in [0.15, 0.2) is 48.6 Å². The van der Waals surface area contributed by atoms with Crippen molar-refractivity contribution in [3.05, 3.63) is 48.6 Å². The molecule has 0 aromatic rings. The van der Waals surface area contributed by atoms with E-state index < -0.39 is 0 Å². The van der Waals surface area contributed by atoms with Crippen LogP contribution in [0.5, 0.6) is 0 Å². The van der Waals surface area contributed by atoms with Crippen molar-refractivity contribution in [2.75, 3.05) is 0 Å². The van der Waals surface area contributed by atoms with E-state index in [0.29, 0.717) is 0 Å². The summed E-state index contributed by atoms with van der Waals surface area (Å²) in [5, 5.41) is 0. The smallest absolute Gasteiger partial charge is 0.0237 e. The lowest BCUT2D eigenvalue weighted by molar-refractivity contribution is 1.44. The Bertz CT molecular complexity index is 180. The van der Waals surface area contributed by atoms with Crippen LogP contribution in [0.1, 0.15) is 69.2 Å². The molecule has 0 atom stereocenters. The topological polar surface area (TPSA) is 0 Å². The fourth-order valence-corrected chi connectivity index (χ4v) is 0.647. The second-order valence-corrected chi connectivity index (χ2v) is 2.14. The summed E-state index contributed by atoms with van der Waals surface area (Å²) in [6.45, 7) is 27.4. The molecule has 0 aromatic carbocycles. The Morgan fingerprint density at radius 1 is 0.833 bits per heavy atom. The molecule has 0 N–H and O–H groups in total. The highest BCUT2D eigenvalue weighted by atomic mass is 13.9. The Morgan fingerprint density at radius 3 is 1.33 bits per heavy atom. The maximum Gasteiger partial charge on any atom is -0.0237 e. The monoisotopic (exact) mass is 254 g/mol. The third-order valence-corrected chi connectivity index (χ3v) is 1.14. The van der Waals surface area contributed by atoms with E-state index in [0.717, 1.165) is 11.1 Å². The molecule has 0 heterocycles. The molecule has 0 nitrogen and oxygen atoms in total. The predicted octanol–water partition coefficient (Wildman–Crippen LogP) is 7.36. The number of hydrogen-bond donors (Lipinski definition) is 0. The quantitative estimate of drug-likeness (QED) is 0.462. The van der Waals surface area contributed by atoms with Gasteiger partial charge in [-0.3, -0.25) is 0 Å². The van der Waals surface area contributed by atoms with Crippen LogP contribution in [-0.2, 0) is 0 Å². The predicted molar refractivity (Wildman–Crippen MR) is 93.3 cm³/mol. The van der Waals surface area contributed by atoms with Crippen molar-refractivity contribution >= 4 is 0 Å². The van der Waals surface area contributed by atoms with Gasteiger partial charge in [-0.2, -0.15) is 0 Å². The van der Waals surface area contributed by atoms with E-state index in [9.17, 15) is 0 Å². The zero-order valence-corrected chi connectivity index (χ0v) is 14.7. The van der Waals surface area contributed by atoms with Gasteiger partial charge < -0.3 is 0 Å². The highest BCUT2D eigenvalue weighted by molar-refractivity contribution is 5.38. The van der Waals surface area contributed by atoms with Gasteiger partial charge in [0, 0.05) is 0 Å². The minimum absolute atomic E-state index is 1.07. The van der Waals surface area contributed by atoms with Crippen molar-refractivity contribution < 1.29 is 0 Å². The van der Waals surface area contributed by atoms with Gasteiger partial charge in [0.2, 0.25) is 0 Å². The number of allylic oxidation sites excluding steroid dienone is 6. The van der Waals surface area contributed by atoms with Crippen LogP contribution >= 0.6 is 0 Å². The van der Waals surface area contributed by atoms with Crippen LogP contribution in [0.3, 0.4) is 0 Å². The summed E-state index contributed by atoms with van der Waals surface area (Å²) in [5.74, 6) is 0. The highest BCUT2D eigenvalue weighted by Gasteiger charge is 1.87. The van der Waals surface area contributed by atoms with Gasteiger partial charge in [0.1, 0.15) is 0 Å². The first kappa shape index (κ1) is 30.2. The third kappa shape index (κ3) is 36.3. The van der Waals surface area contributed by atoms with E-state index >= 15 is 0 Å². The van der Waals surface area contributed by atoms with Crippen molar-refractivity contribution in [1.29, 1.82) is 0 Å². The zero-order chi connectivity index (χ0) is 16.0. The molecule has 0 radical (unpaired) electrons. The first-order valence-electron chi connectivity index (χ1n) is 7.33. The fourth-order valence-electron chi connectivity index (χ4n) is 0.647. The molecule has 0 saturated carbocycles. The minimum atomic E-state index is 1.07. The SMILES string of the molecule is C=C/C=C(\C=C/C)C(=C)C.CC.CC.CC.CC. The fraction of sp³-hybridized carbons (Fsp3) is 0.556. The summed E-state index contributed by atoms with van der Waals surface area (Å²) in [5.41, 5.74) is 2.20. The molecule has 0 aromatic heterocycles. The summed E-state index contributed by atoms with van der Waals surface area (Å²) in [7, 11) is 0. The van der Waals surface area contributed by atoms with E-state index in [-0.39, 0.29) is 0 Å². The highest BCUT2D eigenvalue weighted by Crippen LogP contribution is 2.07. The molecule has 110 valence electrons. The molecule has 0 saturated heterocycles. The number of hydrogen-bond acceptors (Lipinski definition) is 0. The molecular weight excluding hydrogens is 216 g/mol. The molecule has 0 aliphatic rings. The van der Waals surface area contributed by atoms with E-state index in [1.165, 1.54) is 0 Å². The lowest BCUT2D eigenvalue weighted by atomic mass is 10.1. The van der Waals surface area contributed by atoms with Crippen LogP contribution in [0.25, 0.3) is 0 Å². The molecule has 0 fully saturated rings. The van der Waals surface area contributed by atoms with E-state index in [1.807, 2.05) is 87.5 Å². The summed E-state index contributed by atoms with van der Waals surface area (Å²) >= 11 is 0. The molecule has 0 spiro atoms. The standard InChI is InChI=1S/C10H14.4C2H6/c1-5-7-10(8-6-2)9(3)4;4*1-2/h5-8H,1,3H2,2,4H3;4*1-2H3/b8-6-,10-7+;;;;. The maximum atomic E-state index is 3.83. The Kier molecular flexibility index (Phi) is 74.7. The molecule has 0 amide bonds.